The van der Waals surface area contributed by atoms with Gasteiger partial charge >= 0.3 is 7.60 Å². The Bertz CT molecular complexity index is 137. The zero-order chi connectivity index (χ0) is 8.74. The summed E-state index contributed by atoms with van der Waals surface area (Å²) in [7, 11) is -3.56. The summed E-state index contributed by atoms with van der Waals surface area (Å²) in [6, 6.07) is 0. The highest BCUT2D eigenvalue weighted by atomic mass is 31.2. The lowest BCUT2D eigenvalue weighted by Crippen LogP contribution is -2.03. The van der Waals surface area contributed by atoms with E-state index in [-0.39, 0.29) is 26.2 Å². The highest BCUT2D eigenvalue weighted by Crippen LogP contribution is 2.41. The summed E-state index contributed by atoms with van der Waals surface area (Å²) in [4.78, 5) is 8.87. The van der Waals surface area contributed by atoms with Gasteiger partial charge in [-0.3, -0.25) is 4.57 Å². The van der Waals surface area contributed by atoms with Crippen LogP contribution in [0.2, 0.25) is 0 Å². The quantitative estimate of drug-likeness (QED) is 0.454. The largest absolute Gasteiger partial charge is 0.394 e. The number of rotatable bonds is 6. The van der Waals surface area contributed by atoms with E-state index in [0.29, 0.717) is 0 Å². The fourth-order valence-electron chi connectivity index (χ4n) is 0.483. The lowest BCUT2D eigenvalue weighted by molar-refractivity contribution is 0.106. The van der Waals surface area contributed by atoms with Gasteiger partial charge < -0.3 is 19.3 Å². The van der Waals surface area contributed by atoms with Crippen molar-refractivity contribution in [3.05, 3.63) is 0 Å². The van der Waals surface area contributed by atoms with Gasteiger partial charge in [-0.05, 0) is 6.92 Å². The lowest BCUT2D eigenvalue weighted by Gasteiger charge is -2.09. The average molecular weight is 184 g/mol. The maximum Gasteiger partial charge on any atom is 0.353 e. The van der Waals surface area contributed by atoms with Gasteiger partial charge in [-0.1, -0.05) is 0 Å². The molecule has 0 spiro atoms. The molecule has 0 rings (SSSR count). The van der Waals surface area contributed by atoms with Gasteiger partial charge in [0.25, 0.3) is 0 Å². The van der Waals surface area contributed by atoms with Crippen molar-refractivity contribution in [3.63, 3.8) is 0 Å². The Hall–Kier alpha value is 0.0700. The molecule has 11 heavy (non-hydrogen) atoms. The molecule has 0 aromatic heterocycles. The second kappa shape index (κ2) is 5.69. The monoisotopic (exact) mass is 184 g/mol. The third-order valence-electron chi connectivity index (χ3n) is 0.821. The minimum absolute atomic E-state index is 0.0532. The van der Waals surface area contributed by atoms with Crippen LogP contribution in [0.25, 0.3) is 0 Å². The first-order chi connectivity index (χ1) is 5.12. The molecule has 0 radical (unpaired) electrons. The normalized spacial score (nSPS) is 16.3. The zero-order valence-corrected chi connectivity index (χ0v) is 7.29. The zero-order valence-electron chi connectivity index (χ0n) is 6.39. The Morgan fingerprint density at radius 1 is 1.55 bits per heavy atom. The minimum Gasteiger partial charge on any atom is -0.394 e. The molecule has 68 valence electrons. The average Bonchev–Trinajstić information content (AvgIpc) is 1.87. The first-order valence-electron chi connectivity index (χ1n) is 3.27. The summed E-state index contributed by atoms with van der Waals surface area (Å²) in [5.74, 6) is 0. The Kier molecular flexibility index (Phi) is 5.72. The molecular weight excluding hydrogens is 171 g/mol. The summed E-state index contributed by atoms with van der Waals surface area (Å²) < 4.78 is 19.9. The highest BCUT2D eigenvalue weighted by molar-refractivity contribution is 7.52. The fourth-order valence-corrected chi connectivity index (χ4v) is 1.32. The van der Waals surface area contributed by atoms with Crippen LogP contribution in [0, 0.1) is 0 Å². The van der Waals surface area contributed by atoms with Crippen LogP contribution in [0.4, 0.5) is 0 Å². The molecule has 0 saturated carbocycles. The van der Waals surface area contributed by atoms with E-state index in [0.717, 1.165) is 0 Å². The molecule has 0 fully saturated rings. The molecule has 0 bridgehead atoms. The van der Waals surface area contributed by atoms with Crippen molar-refractivity contribution >= 4 is 7.60 Å². The van der Waals surface area contributed by atoms with Crippen LogP contribution in [0.15, 0.2) is 0 Å². The highest BCUT2D eigenvalue weighted by Gasteiger charge is 2.17. The maximum atomic E-state index is 10.8. The van der Waals surface area contributed by atoms with Gasteiger partial charge in [-0.25, -0.2) is 0 Å². The van der Waals surface area contributed by atoms with Crippen molar-refractivity contribution in [1.82, 2.24) is 0 Å². The van der Waals surface area contributed by atoms with Gasteiger partial charge in [0.1, 0.15) is 6.35 Å². The van der Waals surface area contributed by atoms with Gasteiger partial charge in [0.15, 0.2) is 0 Å². The summed E-state index contributed by atoms with van der Waals surface area (Å²) in [6.45, 7) is 1.69. The molecule has 0 aromatic carbocycles. The van der Waals surface area contributed by atoms with Crippen molar-refractivity contribution in [3.8, 4) is 0 Å². The van der Waals surface area contributed by atoms with Crippen molar-refractivity contribution in [2.45, 2.75) is 6.92 Å². The van der Waals surface area contributed by atoms with Crippen LogP contribution < -0.4 is 0 Å². The fraction of sp³-hybridized carbons (Fsp3) is 1.00. The van der Waals surface area contributed by atoms with Gasteiger partial charge in [0.2, 0.25) is 0 Å². The minimum atomic E-state index is -3.56. The molecule has 0 aliphatic heterocycles. The van der Waals surface area contributed by atoms with Gasteiger partial charge in [-0.15, -0.1) is 0 Å². The van der Waals surface area contributed by atoms with Gasteiger partial charge in [-0.2, -0.15) is 0 Å². The van der Waals surface area contributed by atoms with Crippen molar-refractivity contribution in [2.75, 3.05) is 26.2 Å². The summed E-state index contributed by atoms with van der Waals surface area (Å²) in [6.07, 6.45) is -0.360. The molecule has 0 aliphatic carbocycles. The molecule has 1 atom stereocenters. The van der Waals surface area contributed by atoms with E-state index in [1.54, 1.807) is 6.92 Å². The topological polar surface area (TPSA) is 76.0 Å². The number of aliphatic hydroxyl groups excluding tert-OH is 1. The second-order valence-corrected chi connectivity index (χ2v) is 3.61. The van der Waals surface area contributed by atoms with E-state index in [1.165, 1.54) is 0 Å². The smallest absolute Gasteiger partial charge is 0.353 e. The van der Waals surface area contributed by atoms with E-state index in [1.807, 2.05) is 0 Å². The first kappa shape index (κ1) is 11.1. The Morgan fingerprint density at radius 3 is 2.64 bits per heavy atom. The Balaban J connectivity index is 3.47. The molecule has 0 amide bonds. The van der Waals surface area contributed by atoms with E-state index < -0.39 is 7.60 Å². The number of hydrogen-bond donors (Lipinski definition) is 2. The predicted octanol–water partition coefficient (Wildman–Crippen LogP) is 0.175. The predicted molar refractivity (Wildman–Crippen MR) is 39.4 cm³/mol. The number of aliphatic hydroxyl groups is 1. The number of ether oxygens (including phenoxy) is 1. The van der Waals surface area contributed by atoms with Crippen molar-refractivity contribution in [2.24, 2.45) is 0 Å². The molecule has 1 unspecified atom stereocenters. The van der Waals surface area contributed by atoms with Gasteiger partial charge in [0.05, 0.1) is 19.8 Å². The molecule has 6 heteroatoms. The van der Waals surface area contributed by atoms with Gasteiger partial charge in [0, 0.05) is 0 Å². The molecule has 2 N–H and O–H groups in total. The number of hydrogen-bond acceptors (Lipinski definition) is 4. The Morgan fingerprint density at radius 2 is 2.18 bits per heavy atom. The Labute approximate surface area is 65.5 Å². The maximum absolute atomic E-state index is 10.8. The molecule has 5 nitrogen and oxygen atoms in total. The molecule has 0 aliphatic rings. The summed E-state index contributed by atoms with van der Waals surface area (Å²) in [5, 5.41) is 8.26. The van der Waals surface area contributed by atoms with Crippen LogP contribution in [0.1, 0.15) is 6.92 Å². The lowest BCUT2D eigenvalue weighted by atomic mass is 10.8. The molecule has 0 heterocycles. The standard InChI is InChI=1S/C5H13O5P/c1-2-10-11(7,8)5-9-4-3-6/h6H,2-5H2,1H3,(H,7,8). The molecule has 0 saturated heterocycles. The SMILES string of the molecule is CCOP(=O)(O)COCCO. The van der Waals surface area contributed by atoms with Crippen molar-refractivity contribution < 1.29 is 23.8 Å². The van der Waals surface area contributed by atoms with Crippen LogP contribution in [0.5, 0.6) is 0 Å². The third-order valence-corrected chi connectivity index (χ3v) is 1.99. The first-order valence-corrected chi connectivity index (χ1v) is 5.03. The van der Waals surface area contributed by atoms with E-state index in [9.17, 15) is 4.57 Å². The second-order valence-electron chi connectivity index (χ2n) is 1.82. The molecular formula is C5H13O5P. The van der Waals surface area contributed by atoms with Crippen LogP contribution in [-0.2, 0) is 13.8 Å². The van der Waals surface area contributed by atoms with E-state index in [2.05, 4.69) is 9.26 Å². The van der Waals surface area contributed by atoms with E-state index in [4.69, 9.17) is 10.00 Å². The van der Waals surface area contributed by atoms with Crippen molar-refractivity contribution in [1.29, 1.82) is 0 Å². The van der Waals surface area contributed by atoms with E-state index >= 15 is 0 Å². The van der Waals surface area contributed by atoms with Crippen LogP contribution in [0.3, 0.4) is 0 Å². The summed E-state index contributed by atoms with van der Waals surface area (Å²) >= 11 is 0. The van der Waals surface area contributed by atoms with Crippen LogP contribution >= 0.6 is 7.60 Å². The molecule has 0 aromatic rings. The van der Waals surface area contributed by atoms with Crippen LogP contribution in [-0.4, -0.2) is 36.2 Å². The summed E-state index contributed by atoms with van der Waals surface area (Å²) in [5.41, 5.74) is 0. The third kappa shape index (κ3) is 6.47.